The monoisotopic (exact) mass is 338 g/mol. The molecule has 4 rings (SSSR count). The SMILES string of the molecule is CN1CCN(c2cc(N(Cc3cccnc3)C3CC3)ncn2)CC1=O. The van der Waals surface area contributed by atoms with Crippen LogP contribution in [0.5, 0.6) is 0 Å². The topological polar surface area (TPSA) is 65.5 Å². The lowest BCUT2D eigenvalue weighted by Gasteiger charge is -2.33. The second kappa shape index (κ2) is 6.66. The number of nitrogens with zero attached hydrogens (tertiary/aromatic N) is 6. The molecular weight excluding hydrogens is 316 g/mol. The van der Waals surface area contributed by atoms with Gasteiger partial charge in [0.1, 0.15) is 18.0 Å². The number of rotatable bonds is 5. The second-order valence-corrected chi connectivity index (χ2v) is 6.69. The third kappa shape index (κ3) is 3.55. The first-order valence-corrected chi connectivity index (χ1v) is 8.67. The fourth-order valence-electron chi connectivity index (χ4n) is 3.09. The van der Waals surface area contributed by atoms with E-state index in [4.69, 9.17) is 0 Å². The summed E-state index contributed by atoms with van der Waals surface area (Å²) in [5, 5.41) is 0. The first-order chi connectivity index (χ1) is 12.2. The summed E-state index contributed by atoms with van der Waals surface area (Å²) >= 11 is 0. The van der Waals surface area contributed by atoms with Crippen LogP contribution < -0.4 is 9.80 Å². The van der Waals surface area contributed by atoms with E-state index in [2.05, 4.69) is 25.9 Å². The van der Waals surface area contributed by atoms with Crippen LogP contribution in [0.3, 0.4) is 0 Å². The van der Waals surface area contributed by atoms with E-state index in [1.54, 1.807) is 17.4 Å². The molecule has 7 nitrogen and oxygen atoms in total. The molecule has 0 aromatic carbocycles. The fraction of sp³-hybridized carbons (Fsp3) is 0.444. The molecule has 1 saturated heterocycles. The van der Waals surface area contributed by atoms with Crippen molar-refractivity contribution >= 4 is 17.5 Å². The van der Waals surface area contributed by atoms with Crippen LogP contribution in [0.1, 0.15) is 18.4 Å². The Labute approximate surface area is 147 Å². The average Bonchev–Trinajstić information content (AvgIpc) is 3.48. The lowest BCUT2D eigenvalue weighted by Crippen LogP contribution is -2.48. The summed E-state index contributed by atoms with van der Waals surface area (Å²) in [6.07, 6.45) is 7.67. The minimum atomic E-state index is 0.126. The van der Waals surface area contributed by atoms with Gasteiger partial charge in [-0.3, -0.25) is 9.78 Å². The van der Waals surface area contributed by atoms with E-state index in [9.17, 15) is 4.79 Å². The number of aromatic nitrogens is 3. The highest BCUT2D eigenvalue weighted by Crippen LogP contribution is 2.33. The standard InChI is InChI=1S/C18H22N6O/c1-22-7-8-23(12-18(22)25)16-9-17(21-13-20-16)24(15-4-5-15)11-14-3-2-6-19-10-14/h2-3,6,9-10,13,15H,4-5,7-8,11-12H2,1H3. The van der Waals surface area contributed by atoms with Gasteiger partial charge in [0.05, 0.1) is 6.54 Å². The average molecular weight is 338 g/mol. The Morgan fingerprint density at radius 3 is 2.88 bits per heavy atom. The maximum absolute atomic E-state index is 12.0. The second-order valence-electron chi connectivity index (χ2n) is 6.69. The molecule has 1 amide bonds. The Bertz CT molecular complexity index is 748. The summed E-state index contributed by atoms with van der Waals surface area (Å²) in [4.78, 5) is 31.2. The van der Waals surface area contributed by atoms with E-state index in [1.165, 1.54) is 18.4 Å². The summed E-state index contributed by atoms with van der Waals surface area (Å²) in [6.45, 7) is 2.68. The Morgan fingerprint density at radius 2 is 2.16 bits per heavy atom. The molecule has 2 aromatic rings. The molecule has 0 unspecified atom stereocenters. The normalized spacial score (nSPS) is 17.7. The predicted octanol–water partition coefficient (Wildman–Crippen LogP) is 1.32. The molecule has 2 fully saturated rings. The molecular formula is C18H22N6O. The number of anilines is 2. The van der Waals surface area contributed by atoms with Gasteiger partial charge in [-0.1, -0.05) is 6.07 Å². The number of likely N-dealkylation sites (N-methyl/N-ethyl adjacent to an activating group) is 1. The number of hydrogen-bond acceptors (Lipinski definition) is 6. The molecule has 2 aromatic heterocycles. The first-order valence-electron chi connectivity index (χ1n) is 8.67. The molecule has 2 aliphatic rings. The van der Waals surface area contributed by atoms with E-state index in [0.29, 0.717) is 12.6 Å². The van der Waals surface area contributed by atoms with Crippen molar-refractivity contribution in [3.05, 3.63) is 42.5 Å². The van der Waals surface area contributed by atoms with E-state index < -0.39 is 0 Å². The molecule has 0 radical (unpaired) electrons. The Balaban J connectivity index is 1.55. The van der Waals surface area contributed by atoms with Gasteiger partial charge in [0, 0.05) is 51.2 Å². The zero-order valence-electron chi connectivity index (χ0n) is 14.4. The first kappa shape index (κ1) is 15.8. The zero-order chi connectivity index (χ0) is 17.2. The lowest BCUT2D eigenvalue weighted by atomic mass is 10.2. The van der Waals surface area contributed by atoms with Crippen LogP contribution in [0, 0.1) is 0 Å². The summed E-state index contributed by atoms with van der Waals surface area (Å²) in [5.74, 6) is 1.87. The van der Waals surface area contributed by atoms with Gasteiger partial charge in [0.25, 0.3) is 0 Å². The molecule has 0 bridgehead atoms. The van der Waals surface area contributed by atoms with Crippen molar-refractivity contribution in [2.45, 2.75) is 25.4 Å². The van der Waals surface area contributed by atoms with Crippen LogP contribution in [0.2, 0.25) is 0 Å². The lowest BCUT2D eigenvalue weighted by molar-refractivity contribution is -0.129. The minimum Gasteiger partial charge on any atom is -0.349 e. The summed E-state index contributed by atoms with van der Waals surface area (Å²) in [5.41, 5.74) is 1.17. The van der Waals surface area contributed by atoms with Crippen LogP contribution in [-0.4, -0.2) is 58.5 Å². The van der Waals surface area contributed by atoms with E-state index in [0.717, 1.165) is 31.3 Å². The van der Waals surface area contributed by atoms with Gasteiger partial charge in [-0.25, -0.2) is 9.97 Å². The summed E-state index contributed by atoms with van der Waals surface area (Å²) in [6, 6.07) is 6.58. The largest absolute Gasteiger partial charge is 0.349 e. The molecule has 0 N–H and O–H groups in total. The van der Waals surface area contributed by atoms with Crippen molar-refractivity contribution in [1.29, 1.82) is 0 Å². The van der Waals surface area contributed by atoms with Gasteiger partial charge >= 0.3 is 0 Å². The van der Waals surface area contributed by atoms with E-state index in [-0.39, 0.29) is 5.91 Å². The Hall–Kier alpha value is -2.70. The van der Waals surface area contributed by atoms with Crippen LogP contribution >= 0.6 is 0 Å². The molecule has 1 aliphatic heterocycles. The highest BCUT2D eigenvalue weighted by molar-refractivity contribution is 5.82. The molecule has 25 heavy (non-hydrogen) atoms. The number of hydrogen-bond donors (Lipinski definition) is 0. The number of amides is 1. The van der Waals surface area contributed by atoms with Gasteiger partial charge in [-0.15, -0.1) is 0 Å². The van der Waals surface area contributed by atoms with Gasteiger partial charge < -0.3 is 14.7 Å². The summed E-state index contributed by atoms with van der Waals surface area (Å²) < 4.78 is 0. The van der Waals surface area contributed by atoms with Crippen molar-refractivity contribution in [3.8, 4) is 0 Å². The van der Waals surface area contributed by atoms with Crippen LogP contribution in [0.25, 0.3) is 0 Å². The highest BCUT2D eigenvalue weighted by Gasteiger charge is 2.31. The van der Waals surface area contributed by atoms with Crippen LogP contribution in [-0.2, 0) is 11.3 Å². The van der Waals surface area contributed by atoms with Crippen LogP contribution in [0.4, 0.5) is 11.6 Å². The number of pyridine rings is 1. The third-order valence-corrected chi connectivity index (χ3v) is 4.78. The van der Waals surface area contributed by atoms with Crippen molar-refractivity contribution in [1.82, 2.24) is 19.9 Å². The quantitative estimate of drug-likeness (QED) is 0.819. The molecule has 7 heteroatoms. The van der Waals surface area contributed by atoms with Gasteiger partial charge in [0.15, 0.2) is 0 Å². The van der Waals surface area contributed by atoms with E-state index >= 15 is 0 Å². The fourth-order valence-corrected chi connectivity index (χ4v) is 3.09. The van der Waals surface area contributed by atoms with Gasteiger partial charge in [0.2, 0.25) is 5.91 Å². The predicted molar refractivity (Wildman–Crippen MR) is 95.3 cm³/mol. The zero-order valence-corrected chi connectivity index (χ0v) is 14.4. The van der Waals surface area contributed by atoms with Gasteiger partial charge in [-0.2, -0.15) is 0 Å². The Kier molecular flexibility index (Phi) is 4.21. The Morgan fingerprint density at radius 1 is 1.28 bits per heavy atom. The van der Waals surface area contributed by atoms with Crippen molar-refractivity contribution in [2.75, 3.05) is 36.5 Å². The molecule has 3 heterocycles. The maximum atomic E-state index is 12.0. The van der Waals surface area contributed by atoms with Crippen LogP contribution in [0.15, 0.2) is 36.9 Å². The number of carbonyl (C=O) groups excluding carboxylic acids is 1. The molecule has 0 spiro atoms. The molecule has 130 valence electrons. The third-order valence-electron chi connectivity index (χ3n) is 4.78. The minimum absolute atomic E-state index is 0.126. The van der Waals surface area contributed by atoms with Gasteiger partial charge in [-0.05, 0) is 24.5 Å². The number of carbonyl (C=O) groups is 1. The van der Waals surface area contributed by atoms with Crippen molar-refractivity contribution in [3.63, 3.8) is 0 Å². The molecule has 1 aliphatic carbocycles. The highest BCUT2D eigenvalue weighted by atomic mass is 16.2. The number of piperazine rings is 1. The molecule has 0 atom stereocenters. The maximum Gasteiger partial charge on any atom is 0.241 e. The van der Waals surface area contributed by atoms with Crippen molar-refractivity contribution < 1.29 is 4.79 Å². The smallest absolute Gasteiger partial charge is 0.241 e. The summed E-state index contributed by atoms with van der Waals surface area (Å²) in [7, 11) is 1.84. The molecule has 1 saturated carbocycles. The van der Waals surface area contributed by atoms with Crippen molar-refractivity contribution in [2.24, 2.45) is 0 Å². The van der Waals surface area contributed by atoms with E-state index in [1.807, 2.05) is 30.3 Å².